The molecule has 3 rings (SSSR count). The molecule has 0 fully saturated rings. The van der Waals surface area contributed by atoms with E-state index < -0.39 is 17.3 Å². The Hall–Kier alpha value is -5.01. The number of benzene rings is 1. The van der Waals surface area contributed by atoms with Crippen LogP contribution in [-0.4, -0.2) is 69.2 Å². The fourth-order valence-electron chi connectivity index (χ4n) is 3.91. The lowest BCUT2D eigenvalue weighted by atomic mass is 9.99. The molecule has 2 heterocycles. The summed E-state index contributed by atoms with van der Waals surface area (Å²) in [5, 5.41) is 13.0. The molecule has 0 radical (unpaired) electrons. The topological polar surface area (TPSA) is 217 Å². The van der Waals surface area contributed by atoms with Crippen molar-refractivity contribution >= 4 is 52.4 Å². The van der Waals surface area contributed by atoms with Gasteiger partial charge in [0, 0.05) is 30.8 Å². The van der Waals surface area contributed by atoms with E-state index in [0.717, 1.165) is 5.69 Å². The molecule has 0 aliphatic carbocycles. The quantitative estimate of drug-likeness (QED) is 0.137. The van der Waals surface area contributed by atoms with Crippen molar-refractivity contribution in [2.24, 2.45) is 5.92 Å². The summed E-state index contributed by atoms with van der Waals surface area (Å²) >= 11 is 0. The highest BCUT2D eigenvalue weighted by Gasteiger charge is 2.20. The Kier molecular flexibility index (Phi) is 10.3. The van der Waals surface area contributed by atoms with Crippen LogP contribution in [0.15, 0.2) is 35.3 Å². The van der Waals surface area contributed by atoms with Crippen LogP contribution in [0, 0.1) is 11.3 Å². The zero-order valence-corrected chi connectivity index (χ0v) is 23.1. The molecule has 14 heteroatoms. The molecule has 3 aromatic rings. The Bertz CT molecular complexity index is 1500. The van der Waals surface area contributed by atoms with Gasteiger partial charge in [-0.25, -0.2) is 9.97 Å². The molecule has 2 atom stereocenters. The third kappa shape index (κ3) is 8.24. The number of nitrogen functional groups attached to an aromatic ring is 1. The van der Waals surface area contributed by atoms with Gasteiger partial charge in [-0.3, -0.25) is 24.2 Å². The van der Waals surface area contributed by atoms with E-state index in [4.69, 9.17) is 11.1 Å². The molecule has 0 aliphatic rings. The fourth-order valence-corrected chi connectivity index (χ4v) is 3.91. The van der Waals surface area contributed by atoms with Gasteiger partial charge in [-0.1, -0.05) is 6.92 Å². The number of hydrogen-bond donors (Lipinski definition) is 5. The highest BCUT2D eigenvalue weighted by atomic mass is 16.2. The number of aldehydes is 1. The van der Waals surface area contributed by atoms with E-state index in [1.165, 1.54) is 6.20 Å². The molecular weight excluding hydrogens is 530 g/mol. The molecule has 2 amide bonds. The average Bonchev–Trinajstić information content (AvgIpc) is 2.95. The van der Waals surface area contributed by atoms with Crippen LogP contribution in [0.25, 0.3) is 11.2 Å². The van der Waals surface area contributed by atoms with Crippen molar-refractivity contribution in [2.75, 3.05) is 24.2 Å². The molecular formula is C27H33N9O5. The number of carbonyl (C=O) groups excluding carboxylic acids is 4. The molecule has 0 bridgehead atoms. The summed E-state index contributed by atoms with van der Waals surface area (Å²) in [5.41, 5.74) is 6.79. The van der Waals surface area contributed by atoms with Gasteiger partial charge in [-0.2, -0.15) is 4.98 Å². The van der Waals surface area contributed by atoms with Gasteiger partial charge in [0.25, 0.3) is 11.5 Å². The summed E-state index contributed by atoms with van der Waals surface area (Å²) in [7, 11) is 1.83. The number of amides is 2. The molecule has 216 valence electrons. The molecule has 1 unspecified atom stereocenters. The van der Waals surface area contributed by atoms with Gasteiger partial charge < -0.3 is 31.5 Å². The maximum absolute atomic E-state index is 12.7. The number of aromatic nitrogens is 4. The van der Waals surface area contributed by atoms with Gasteiger partial charge in [0.1, 0.15) is 6.29 Å². The lowest BCUT2D eigenvalue weighted by Crippen LogP contribution is -2.37. The number of hydrogen-bond acceptors (Lipinski definition) is 11. The highest BCUT2D eigenvalue weighted by Crippen LogP contribution is 2.17. The van der Waals surface area contributed by atoms with Crippen molar-refractivity contribution in [3.8, 4) is 0 Å². The van der Waals surface area contributed by atoms with Crippen molar-refractivity contribution in [1.82, 2.24) is 30.6 Å². The SMILES string of the molecule is CCC(C=O)C(=N)C(=O)CNC(=O)CC[C@H](C)NC(=O)c1ccc(N(C)Cc2cnc3nc(N)[nH]c(=O)c3n2)cc1. The van der Waals surface area contributed by atoms with Gasteiger partial charge in [0.2, 0.25) is 11.9 Å². The van der Waals surface area contributed by atoms with E-state index in [9.17, 15) is 24.0 Å². The first-order valence-electron chi connectivity index (χ1n) is 13.0. The van der Waals surface area contributed by atoms with E-state index in [2.05, 4.69) is 30.6 Å². The van der Waals surface area contributed by atoms with Gasteiger partial charge in [-0.05, 0) is 44.0 Å². The largest absolute Gasteiger partial charge is 0.369 e. The minimum absolute atomic E-state index is 0.0325. The Morgan fingerprint density at radius 1 is 1.20 bits per heavy atom. The monoisotopic (exact) mass is 563 g/mol. The number of fused-ring (bicyclic) bond motifs is 1. The predicted octanol–water partition coefficient (Wildman–Crippen LogP) is 0.760. The molecule has 0 aliphatic heterocycles. The van der Waals surface area contributed by atoms with E-state index in [1.54, 1.807) is 38.1 Å². The highest BCUT2D eigenvalue weighted by molar-refractivity contribution is 6.42. The van der Waals surface area contributed by atoms with Crippen LogP contribution in [0.1, 0.15) is 49.2 Å². The maximum Gasteiger partial charge on any atom is 0.280 e. The van der Waals surface area contributed by atoms with Crippen LogP contribution >= 0.6 is 0 Å². The number of H-pyrrole nitrogens is 1. The van der Waals surface area contributed by atoms with Crippen LogP contribution in [0.4, 0.5) is 11.6 Å². The Morgan fingerprint density at radius 2 is 1.90 bits per heavy atom. The summed E-state index contributed by atoms with van der Waals surface area (Å²) < 4.78 is 0. The zero-order chi connectivity index (χ0) is 30.1. The molecule has 0 saturated carbocycles. The number of Topliss-reactive ketones (excluding diaryl/α,β-unsaturated/α-hetero) is 1. The molecule has 14 nitrogen and oxygen atoms in total. The van der Waals surface area contributed by atoms with E-state index in [1.807, 2.05) is 11.9 Å². The number of nitrogens with zero attached hydrogens (tertiary/aromatic N) is 4. The van der Waals surface area contributed by atoms with Crippen LogP contribution < -0.4 is 26.8 Å². The van der Waals surface area contributed by atoms with E-state index >= 15 is 0 Å². The fraction of sp³-hybridized carbons (Fsp3) is 0.370. The molecule has 0 saturated heterocycles. The van der Waals surface area contributed by atoms with Crippen molar-refractivity contribution in [1.29, 1.82) is 5.41 Å². The van der Waals surface area contributed by atoms with Crippen LogP contribution in [0.3, 0.4) is 0 Å². The van der Waals surface area contributed by atoms with Crippen LogP contribution in [0.2, 0.25) is 0 Å². The first-order valence-corrected chi connectivity index (χ1v) is 13.0. The van der Waals surface area contributed by atoms with E-state index in [-0.39, 0.29) is 53.6 Å². The predicted molar refractivity (Wildman–Crippen MR) is 153 cm³/mol. The first-order chi connectivity index (χ1) is 19.5. The number of nitrogens with one attached hydrogen (secondary N) is 4. The summed E-state index contributed by atoms with van der Waals surface area (Å²) in [6, 6.07) is 6.59. The smallest absolute Gasteiger partial charge is 0.280 e. The van der Waals surface area contributed by atoms with Crippen molar-refractivity contribution < 1.29 is 19.2 Å². The number of rotatable bonds is 14. The number of anilines is 2. The van der Waals surface area contributed by atoms with Gasteiger partial charge >= 0.3 is 0 Å². The Labute approximate surface area is 235 Å². The van der Waals surface area contributed by atoms with Crippen molar-refractivity contribution in [3.63, 3.8) is 0 Å². The zero-order valence-electron chi connectivity index (χ0n) is 23.1. The molecule has 6 N–H and O–H groups in total. The average molecular weight is 564 g/mol. The second-order valence-corrected chi connectivity index (χ2v) is 9.57. The second-order valence-electron chi connectivity index (χ2n) is 9.57. The lowest BCUT2D eigenvalue weighted by molar-refractivity contribution is -0.123. The summed E-state index contributed by atoms with van der Waals surface area (Å²) in [6.45, 7) is 3.47. The Morgan fingerprint density at radius 3 is 2.56 bits per heavy atom. The van der Waals surface area contributed by atoms with Crippen LogP contribution in [-0.2, 0) is 20.9 Å². The standard InChI is InChI=1S/C27H33N9O5/c1-4-16(14-37)22(28)20(38)12-30-21(39)10-5-15(2)32-25(40)17-6-8-19(9-7-17)36(3)13-18-11-31-24-23(33-18)26(41)35-27(29)34-24/h6-9,11,14-16,28H,4-5,10,12-13H2,1-3H3,(H,30,39)(H,32,40)(H3,29,31,34,35,41)/t15-,16?/m0/s1. The van der Waals surface area contributed by atoms with Gasteiger partial charge in [0.15, 0.2) is 16.9 Å². The molecule has 41 heavy (non-hydrogen) atoms. The summed E-state index contributed by atoms with van der Waals surface area (Å²) in [5.74, 6) is -2.10. The number of ketones is 1. The third-order valence-electron chi connectivity index (χ3n) is 6.36. The molecule has 1 aromatic carbocycles. The van der Waals surface area contributed by atoms with Crippen molar-refractivity contribution in [2.45, 2.75) is 45.7 Å². The maximum atomic E-state index is 12.7. The minimum Gasteiger partial charge on any atom is -0.369 e. The third-order valence-corrected chi connectivity index (χ3v) is 6.36. The second kappa shape index (κ2) is 13.9. The molecule has 2 aromatic heterocycles. The first kappa shape index (κ1) is 30.5. The van der Waals surface area contributed by atoms with Gasteiger partial charge in [-0.15, -0.1) is 0 Å². The normalized spacial score (nSPS) is 12.3. The number of aromatic amines is 1. The molecule has 0 spiro atoms. The number of carbonyl (C=O) groups is 4. The minimum atomic E-state index is -0.770. The lowest BCUT2D eigenvalue weighted by Gasteiger charge is -2.19. The van der Waals surface area contributed by atoms with Gasteiger partial charge in [0.05, 0.1) is 36.6 Å². The summed E-state index contributed by atoms with van der Waals surface area (Å²) in [4.78, 5) is 76.5. The van der Waals surface area contributed by atoms with Crippen molar-refractivity contribution in [3.05, 3.63) is 52.1 Å². The number of nitrogens with two attached hydrogens (primary N) is 1. The van der Waals surface area contributed by atoms with E-state index in [0.29, 0.717) is 36.9 Å². The van der Waals surface area contributed by atoms with Crippen LogP contribution in [0.5, 0.6) is 0 Å². The summed E-state index contributed by atoms with van der Waals surface area (Å²) in [6.07, 6.45) is 2.83. The Balaban J connectivity index is 1.47.